The van der Waals surface area contributed by atoms with Crippen LogP contribution in [0.25, 0.3) is 0 Å². The molecule has 3 rings (SSSR count). The molecule has 68 valence electrons. The van der Waals surface area contributed by atoms with Crippen molar-refractivity contribution >= 4 is 11.4 Å². The highest BCUT2D eigenvalue weighted by Crippen LogP contribution is 2.45. The highest BCUT2D eigenvalue weighted by Gasteiger charge is 2.35. The third-order valence-electron chi connectivity index (χ3n) is 3.33. The van der Waals surface area contributed by atoms with Gasteiger partial charge in [-0.05, 0) is 30.5 Å². The van der Waals surface area contributed by atoms with Gasteiger partial charge in [0.15, 0.2) is 0 Å². The van der Waals surface area contributed by atoms with Gasteiger partial charge in [-0.25, -0.2) is 0 Å². The lowest BCUT2D eigenvalue weighted by molar-refractivity contribution is 0.690. The van der Waals surface area contributed by atoms with Gasteiger partial charge >= 0.3 is 0 Å². The second kappa shape index (κ2) is 2.41. The van der Waals surface area contributed by atoms with Crippen LogP contribution in [0.4, 0.5) is 11.4 Å². The van der Waals surface area contributed by atoms with Crippen LogP contribution in [0.3, 0.4) is 0 Å². The molecule has 1 aliphatic carbocycles. The van der Waals surface area contributed by atoms with Crippen LogP contribution in [-0.2, 0) is 0 Å². The summed E-state index contributed by atoms with van der Waals surface area (Å²) in [6.07, 6.45) is 4.03. The molecule has 1 fully saturated rings. The highest BCUT2D eigenvalue weighted by atomic mass is 15.0. The molecule has 0 spiro atoms. The zero-order valence-corrected chi connectivity index (χ0v) is 7.59. The Morgan fingerprint density at radius 3 is 3.15 bits per heavy atom. The summed E-state index contributed by atoms with van der Waals surface area (Å²) in [6, 6.07) is 6.96. The van der Waals surface area contributed by atoms with Crippen molar-refractivity contribution in [3.05, 3.63) is 23.8 Å². The number of fused-ring (bicyclic) bond motifs is 3. The standard InChI is InChI=1S/C11H14N2/c12-7-4-5-9-8-2-1-3-10(8)13-11(9)6-7/h4-6,8,10,13H,1-3,12H2. The summed E-state index contributed by atoms with van der Waals surface area (Å²) in [6.45, 7) is 0. The van der Waals surface area contributed by atoms with E-state index >= 15 is 0 Å². The zero-order valence-electron chi connectivity index (χ0n) is 7.59. The summed E-state index contributed by atoms with van der Waals surface area (Å²) in [5.74, 6) is 0.760. The summed E-state index contributed by atoms with van der Waals surface area (Å²) < 4.78 is 0. The molecular weight excluding hydrogens is 160 g/mol. The third-order valence-corrected chi connectivity index (χ3v) is 3.33. The Hall–Kier alpha value is -1.18. The SMILES string of the molecule is Nc1ccc2c(c1)NC1CCCC21. The van der Waals surface area contributed by atoms with Crippen LogP contribution in [0.15, 0.2) is 18.2 Å². The van der Waals surface area contributed by atoms with E-state index in [9.17, 15) is 0 Å². The van der Waals surface area contributed by atoms with Gasteiger partial charge in [0, 0.05) is 23.3 Å². The van der Waals surface area contributed by atoms with Crippen molar-refractivity contribution in [1.29, 1.82) is 0 Å². The molecule has 0 radical (unpaired) electrons. The molecule has 2 heteroatoms. The van der Waals surface area contributed by atoms with E-state index in [1.165, 1.54) is 30.5 Å². The predicted octanol–water partition coefficient (Wildman–Crippen LogP) is 2.33. The monoisotopic (exact) mass is 174 g/mol. The smallest absolute Gasteiger partial charge is 0.0399 e. The summed E-state index contributed by atoms with van der Waals surface area (Å²) in [4.78, 5) is 0. The molecule has 0 amide bonds. The van der Waals surface area contributed by atoms with E-state index in [0.29, 0.717) is 6.04 Å². The maximum absolute atomic E-state index is 5.74. The molecule has 13 heavy (non-hydrogen) atoms. The van der Waals surface area contributed by atoms with E-state index in [1.54, 1.807) is 0 Å². The first-order valence-electron chi connectivity index (χ1n) is 5.00. The van der Waals surface area contributed by atoms with E-state index in [1.807, 2.05) is 6.07 Å². The summed E-state index contributed by atoms with van der Waals surface area (Å²) in [7, 11) is 0. The van der Waals surface area contributed by atoms with Gasteiger partial charge < -0.3 is 11.1 Å². The molecule has 1 saturated carbocycles. The van der Waals surface area contributed by atoms with Gasteiger partial charge in [0.05, 0.1) is 0 Å². The predicted molar refractivity (Wildman–Crippen MR) is 54.9 cm³/mol. The van der Waals surface area contributed by atoms with Gasteiger partial charge in [-0.1, -0.05) is 12.5 Å². The van der Waals surface area contributed by atoms with Crippen LogP contribution in [-0.4, -0.2) is 6.04 Å². The van der Waals surface area contributed by atoms with Gasteiger partial charge in [0.25, 0.3) is 0 Å². The minimum atomic E-state index is 0.691. The van der Waals surface area contributed by atoms with Crippen LogP contribution < -0.4 is 11.1 Å². The Balaban J connectivity index is 2.08. The van der Waals surface area contributed by atoms with Crippen LogP contribution in [0.1, 0.15) is 30.7 Å². The molecule has 2 aliphatic rings. The zero-order chi connectivity index (χ0) is 8.84. The van der Waals surface area contributed by atoms with Crippen LogP contribution in [0.2, 0.25) is 0 Å². The lowest BCUT2D eigenvalue weighted by Crippen LogP contribution is -2.13. The van der Waals surface area contributed by atoms with Crippen molar-refractivity contribution in [3.8, 4) is 0 Å². The number of rotatable bonds is 0. The molecule has 1 heterocycles. The fourth-order valence-electron chi connectivity index (χ4n) is 2.73. The number of nitrogens with one attached hydrogen (secondary N) is 1. The number of benzene rings is 1. The van der Waals surface area contributed by atoms with Gasteiger partial charge in [-0.15, -0.1) is 0 Å². The van der Waals surface area contributed by atoms with E-state index in [4.69, 9.17) is 5.73 Å². The lowest BCUT2D eigenvalue weighted by Gasteiger charge is -2.07. The van der Waals surface area contributed by atoms with Gasteiger partial charge in [-0.3, -0.25) is 0 Å². The van der Waals surface area contributed by atoms with E-state index in [-0.39, 0.29) is 0 Å². The second-order valence-corrected chi connectivity index (χ2v) is 4.13. The first-order chi connectivity index (χ1) is 6.34. The number of anilines is 2. The Morgan fingerprint density at radius 2 is 2.23 bits per heavy atom. The molecule has 2 unspecified atom stereocenters. The molecule has 1 aliphatic heterocycles. The Bertz CT molecular complexity index is 346. The molecule has 1 aromatic rings. The second-order valence-electron chi connectivity index (χ2n) is 4.13. The molecule has 1 aromatic carbocycles. The topological polar surface area (TPSA) is 38.0 Å². The van der Waals surface area contributed by atoms with E-state index < -0.39 is 0 Å². The van der Waals surface area contributed by atoms with Crippen molar-refractivity contribution in [2.45, 2.75) is 31.2 Å². The Kier molecular flexibility index (Phi) is 1.34. The molecule has 2 atom stereocenters. The van der Waals surface area contributed by atoms with E-state index in [2.05, 4.69) is 17.4 Å². The fraction of sp³-hybridized carbons (Fsp3) is 0.455. The number of hydrogen-bond acceptors (Lipinski definition) is 2. The molecule has 0 aromatic heterocycles. The van der Waals surface area contributed by atoms with Crippen molar-refractivity contribution in [2.75, 3.05) is 11.1 Å². The first kappa shape index (κ1) is 7.25. The quantitative estimate of drug-likeness (QED) is 0.592. The number of hydrogen-bond donors (Lipinski definition) is 2. The Morgan fingerprint density at radius 1 is 1.31 bits per heavy atom. The number of nitrogens with two attached hydrogens (primary N) is 1. The van der Waals surface area contributed by atoms with Crippen molar-refractivity contribution in [3.63, 3.8) is 0 Å². The third kappa shape index (κ3) is 0.947. The van der Waals surface area contributed by atoms with Crippen LogP contribution in [0.5, 0.6) is 0 Å². The van der Waals surface area contributed by atoms with Gasteiger partial charge in [0.2, 0.25) is 0 Å². The largest absolute Gasteiger partial charge is 0.399 e. The fourth-order valence-corrected chi connectivity index (χ4v) is 2.73. The summed E-state index contributed by atoms with van der Waals surface area (Å²) in [5, 5.41) is 3.56. The number of nitrogen functional groups attached to an aromatic ring is 1. The lowest BCUT2D eigenvalue weighted by atomic mass is 9.97. The maximum Gasteiger partial charge on any atom is 0.0399 e. The van der Waals surface area contributed by atoms with Crippen molar-refractivity contribution in [2.24, 2.45) is 0 Å². The van der Waals surface area contributed by atoms with Crippen molar-refractivity contribution < 1.29 is 0 Å². The Labute approximate surface area is 78.1 Å². The minimum absolute atomic E-state index is 0.691. The molecular formula is C11H14N2. The molecule has 0 bridgehead atoms. The highest BCUT2D eigenvalue weighted by molar-refractivity contribution is 5.65. The molecule has 3 N–H and O–H groups in total. The van der Waals surface area contributed by atoms with Gasteiger partial charge in [-0.2, -0.15) is 0 Å². The van der Waals surface area contributed by atoms with Crippen molar-refractivity contribution in [1.82, 2.24) is 0 Å². The average Bonchev–Trinajstić information content (AvgIpc) is 2.62. The van der Waals surface area contributed by atoms with Crippen LogP contribution in [0, 0.1) is 0 Å². The normalized spacial score (nSPS) is 29.5. The maximum atomic E-state index is 5.74. The molecule has 0 saturated heterocycles. The summed E-state index contributed by atoms with van der Waals surface area (Å²) >= 11 is 0. The molecule has 2 nitrogen and oxygen atoms in total. The minimum Gasteiger partial charge on any atom is -0.399 e. The first-order valence-corrected chi connectivity index (χ1v) is 5.00. The van der Waals surface area contributed by atoms with Gasteiger partial charge in [0.1, 0.15) is 0 Å². The summed E-state index contributed by atoms with van der Waals surface area (Å²) in [5.41, 5.74) is 9.36. The van der Waals surface area contributed by atoms with Crippen LogP contribution >= 0.6 is 0 Å². The van der Waals surface area contributed by atoms with E-state index in [0.717, 1.165) is 11.6 Å². The average molecular weight is 174 g/mol.